The summed E-state index contributed by atoms with van der Waals surface area (Å²) in [6.45, 7) is 8.39. The largest absolute Gasteiger partial charge is 2.00 e. The molecule has 72 valence electrons. The van der Waals surface area contributed by atoms with E-state index in [1.54, 1.807) is 0 Å². The number of para-hydroxylation sites is 1. The topological polar surface area (TPSA) is 20.2 Å². The average Bonchev–Trinajstić information content (AvgIpc) is 2.03. The zero-order valence-electron chi connectivity index (χ0n) is 9.54. The molecular formula is C12H18MgO+2. The molecule has 1 nitrogen and oxygen atoms in total. The molecule has 0 bridgehead atoms. The fourth-order valence-corrected chi connectivity index (χ4v) is 1.51. The quantitative estimate of drug-likeness (QED) is 0.730. The average molecular weight is 203 g/mol. The zero-order valence-corrected chi connectivity index (χ0v) is 11.0. The molecule has 0 aliphatic rings. The fraction of sp³-hybridized carbons (Fsp3) is 0.500. The third-order valence-corrected chi connectivity index (χ3v) is 2.34. The van der Waals surface area contributed by atoms with Crippen molar-refractivity contribution in [1.82, 2.24) is 0 Å². The van der Waals surface area contributed by atoms with Crippen LogP contribution in [0.1, 0.15) is 50.7 Å². The van der Waals surface area contributed by atoms with Crippen molar-refractivity contribution in [3.63, 3.8) is 0 Å². The Balaban J connectivity index is 0.00000169. The Labute approximate surface area is 103 Å². The number of hydrogen-bond donors (Lipinski definition) is 1. The van der Waals surface area contributed by atoms with E-state index in [0.717, 1.165) is 11.1 Å². The van der Waals surface area contributed by atoms with Gasteiger partial charge in [0.1, 0.15) is 5.75 Å². The predicted molar refractivity (Wildman–Crippen MR) is 62.0 cm³/mol. The normalized spacial score (nSPS) is 10.4. The number of rotatable bonds is 2. The van der Waals surface area contributed by atoms with Crippen molar-refractivity contribution >= 4 is 23.1 Å². The summed E-state index contributed by atoms with van der Waals surface area (Å²) in [5, 5.41) is 9.93. The van der Waals surface area contributed by atoms with Crippen LogP contribution >= 0.6 is 0 Å². The van der Waals surface area contributed by atoms with Crippen LogP contribution in [-0.4, -0.2) is 28.2 Å². The van der Waals surface area contributed by atoms with Gasteiger partial charge in [0.05, 0.1) is 0 Å². The van der Waals surface area contributed by atoms with Crippen molar-refractivity contribution in [2.45, 2.75) is 39.5 Å². The van der Waals surface area contributed by atoms with Gasteiger partial charge in [-0.05, 0) is 23.0 Å². The van der Waals surface area contributed by atoms with Crippen LogP contribution in [0, 0.1) is 0 Å². The standard InChI is InChI=1S/C12H18O.Mg/c1-8(2)10-6-5-7-11(9(3)4)12(10)13;/h5-9,13H,1-4H3;/q;+2. The molecule has 2 heteroatoms. The maximum absolute atomic E-state index is 9.93. The van der Waals surface area contributed by atoms with E-state index < -0.39 is 0 Å². The van der Waals surface area contributed by atoms with Gasteiger partial charge in [0.25, 0.3) is 0 Å². The molecule has 0 heterocycles. The first-order valence-corrected chi connectivity index (χ1v) is 4.85. The van der Waals surface area contributed by atoms with Gasteiger partial charge in [-0.2, -0.15) is 0 Å². The van der Waals surface area contributed by atoms with Gasteiger partial charge in [0, 0.05) is 0 Å². The second-order valence-electron chi connectivity index (χ2n) is 4.09. The molecule has 14 heavy (non-hydrogen) atoms. The van der Waals surface area contributed by atoms with Crippen LogP contribution in [0.3, 0.4) is 0 Å². The van der Waals surface area contributed by atoms with Crippen LogP contribution in [0.4, 0.5) is 0 Å². The monoisotopic (exact) mass is 202 g/mol. The van der Waals surface area contributed by atoms with E-state index in [1.165, 1.54) is 0 Å². The molecule has 1 rings (SSSR count). The molecule has 1 aromatic rings. The van der Waals surface area contributed by atoms with Gasteiger partial charge in [0.2, 0.25) is 0 Å². The molecule has 0 fully saturated rings. The summed E-state index contributed by atoms with van der Waals surface area (Å²) in [5.41, 5.74) is 2.09. The third-order valence-electron chi connectivity index (χ3n) is 2.34. The first kappa shape index (κ1) is 13.8. The molecule has 0 unspecified atom stereocenters. The van der Waals surface area contributed by atoms with Crippen molar-refractivity contribution in [2.75, 3.05) is 0 Å². The predicted octanol–water partition coefficient (Wildman–Crippen LogP) is 3.26. The molecular weight excluding hydrogens is 184 g/mol. The van der Waals surface area contributed by atoms with Crippen molar-refractivity contribution in [2.24, 2.45) is 0 Å². The van der Waals surface area contributed by atoms with Crippen molar-refractivity contribution in [1.29, 1.82) is 0 Å². The third kappa shape index (κ3) is 2.89. The molecule has 0 radical (unpaired) electrons. The van der Waals surface area contributed by atoms with Gasteiger partial charge in [0.15, 0.2) is 0 Å². The van der Waals surface area contributed by atoms with Crippen molar-refractivity contribution < 1.29 is 5.11 Å². The Hall–Kier alpha value is -0.214. The van der Waals surface area contributed by atoms with Crippen molar-refractivity contribution in [3.8, 4) is 5.75 Å². The number of benzene rings is 1. The van der Waals surface area contributed by atoms with Crippen LogP contribution in [0.5, 0.6) is 5.75 Å². The smallest absolute Gasteiger partial charge is 0.507 e. The molecule has 0 spiro atoms. The van der Waals surface area contributed by atoms with E-state index >= 15 is 0 Å². The summed E-state index contributed by atoms with van der Waals surface area (Å²) >= 11 is 0. The van der Waals surface area contributed by atoms with Crippen LogP contribution in [0.2, 0.25) is 0 Å². The number of phenolic OH excluding ortho intramolecular Hbond substituents is 1. The minimum absolute atomic E-state index is 0. The van der Waals surface area contributed by atoms with Gasteiger partial charge in [-0.3, -0.25) is 0 Å². The summed E-state index contributed by atoms with van der Waals surface area (Å²) in [5.74, 6) is 1.25. The van der Waals surface area contributed by atoms with E-state index in [1.807, 2.05) is 18.2 Å². The number of aromatic hydroxyl groups is 1. The minimum Gasteiger partial charge on any atom is -0.507 e. The van der Waals surface area contributed by atoms with Crippen LogP contribution in [-0.2, 0) is 0 Å². The first-order chi connectivity index (χ1) is 6.04. The van der Waals surface area contributed by atoms with E-state index in [2.05, 4.69) is 27.7 Å². The summed E-state index contributed by atoms with van der Waals surface area (Å²) in [7, 11) is 0. The molecule has 0 saturated heterocycles. The molecule has 1 aromatic carbocycles. The second-order valence-corrected chi connectivity index (χ2v) is 4.09. The van der Waals surface area contributed by atoms with E-state index in [-0.39, 0.29) is 23.1 Å². The zero-order chi connectivity index (χ0) is 10.0. The van der Waals surface area contributed by atoms with E-state index in [0.29, 0.717) is 17.6 Å². The molecule has 1 N–H and O–H groups in total. The molecule has 0 aromatic heterocycles. The van der Waals surface area contributed by atoms with Gasteiger partial charge in [-0.15, -0.1) is 0 Å². The first-order valence-electron chi connectivity index (χ1n) is 4.85. The van der Waals surface area contributed by atoms with E-state index in [4.69, 9.17) is 0 Å². The molecule has 0 saturated carbocycles. The van der Waals surface area contributed by atoms with Crippen LogP contribution < -0.4 is 0 Å². The fourth-order valence-electron chi connectivity index (χ4n) is 1.51. The van der Waals surface area contributed by atoms with E-state index in [9.17, 15) is 5.11 Å². The van der Waals surface area contributed by atoms with Crippen molar-refractivity contribution in [3.05, 3.63) is 29.3 Å². The number of hydrogen-bond acceptors (Lipinski definition) is 1. The van der Waals surface area contributed by atoms with Crippen LogP contribution in [0.15, 0.2) is 18.2 Å². The molecule has 0 atom stereocenters. The summed E-state index contributed by atoms with van der Waals surface area (Å²) in [6, 6.07) is 6.00. The van der Waals surface area contributed by atoms with Gasteiger partial charge in [-0.1, -0.05) is 45.9 Å². The Kier molecular flexibility index (Phi) is 5.53. The molecule has 0 aliphatic carbocycles. The Morgan fingerprint density at radius 1 is 0.929 bits per heavy atom. The SMILES string of the molecule is CC(C)c1cccc(C(C)C)c1O.[Mg+2]. The summed E-state index contributed by atoms with van der Waals surface area (Å²) in [6.07, 6.45) is 0. The molecule has 0 aliphatic heterocycles. The number of phenols is 1. The Morgan fingerprint density at radius 3 is 1.57 bits per heavy atom. The van der Waals surface area contributed by atoms with Gasteiger partial charge in [-0.25, -0.2) is 0 Å². The minimum atomic E-state index is 0. The van der Waals surface area contributed by atoms with Gasteiger partial charge >= 0.3 is 23.1 Å². The molecule has 0 amide bonds. The second kappa shape index (κ2) is 5.61. The van der Waals surface area contributed by atoms with Gasteiger partial charge < -0.3 is 5.11 Å². The summed E-state index contributed by atoms with van der Waals surface area (Å²) < 4.78 is 0. The summed E-state index contributed by atoms with van der Waals surface area (Å²) in [4.78, 5) is 0. The maximum atomic E-state index is 9.93. The Morgan fingerprint density at radius 2 is 1.29 bits per heavy atom. The maximum Gasteiger partial charge on any atom is 2.00 e. The Bertz CT molecular complexity index is 266. The van der Waals surface area contributed by atoms with Crippen LogP contribution in [0.25, 0.3) is 0 Å².